The molecule has 1 aliphatic heterocycles. The summed E-state index contributed by atoms with van der Waals surface area (Å²) in [5.74, 6) is -1.92. The first-order valence-corrected chi connectivity index (χ1v) is 12.9. The van der Waals surface area contributed by atoms with Gasteiger partial charge in [0.15, 0.2) is 0 Å². The van der Waals surface area contributed by atoms with Gasteiger partial charge in [0.1, 0.15) is 5.75 Å². The number of carbonyl (C=O) groups is 2. The summed E-state index contributed by atoms with van der Waals surface area (Å²) in [5, 5.41) is 22.0. The number of fused-ring (bicyclic) bond motifs is 1. The molecule has 2 heterocycles. The van der Waals surface area contributed by atoms with Crippen LogP contribution in [0.15, 0.2) is 30.3 Å². The number of nitrogens with one attached hydrogen (secondary N) is 3. The lowest BCUT2D eigenvalue weighted by Crippen LogP contribution is -2.44. The molecule has 1 saturated heterocycles. The number of hydrogen-bond acceptors (Lipinski definition) is 6. The van der Waals surface area contributed by atoms with Gasteiger partial charge in [-0.15, -0.1) is 0 Å². The van der Waals surface area contributed by atoms with Gasteiger partial charge in [-0.3, -0.25) is 9.89 Å². The van der Waals surface area contributed by atoms with Crippen molar-refractivity contribution in [3.05, 3.63) is 41.6 Å². The highest BCUT2D eigenvalue weighted by Crippen LogP contribution is 2.37. The summed E-state index contributed by atoms with van der Waals surface area (Å²) in [6.07, 6.45) is -0.137. The summed E-state index contributed by atoms with van der Waals surface area (Å²) in [7, 11) is 1.68. The monoisotopic (exact) mass is 547 g/mol. The fraction of sp³-hybridized carbons (Fsp3) is 0.444. The fourth-order valence-electron chi connectivity index (χ4n) is 4.93. The number of aliphatic carboxylic acids is 1. The average molecular weight is 548 g/mol. The number of H-pyrrole nitrogens is 1. The topological polar surface area (TPSA) is 120 Å². The van der Waals surface area contributed by atoms with E-state index in [9.17, 15) is 18.0 Å². The first-order valence-electron chi connectivity index (χ1n) is 12.9. The van der Waals surface area contributed by atoms with E-state index < -0.39 is 12.1 Å². The van der Waals surface area contributed by atoms with E-state index >= 15 is 0 Å². The van der Waals surface area contributed by atoms with Crippen molar-refractivity contribution in [2.75, 3.05) is 38.1 Å². The number of halogens is 3. The van der Waals surface area contributed by atoms with Gasteiger partial charge in [0.05, 0.1) is 34.0 Å². The zero-order chi connectivity index (χ0) is 28.2. The molecule has 2 aliphatic rings. The van der Waals surface area contributed by atoms with Crippen molar-refractivity contribution in [2.45, 2.75) is 44.9 Å². The molecule has 12 heteroatoms. The Morgan fingerprint density at radius 2 is 1.77 bits per heavy atom. The van der Waals surface area contributed by atoms with Crippen LogP contribution >= 0.6 is 0 Å². The van der Waals surface area contributed by atoms with E-state index in [2.05, 4.69) is 43.9 Å². The first-order chi connectivity index (χ1) is 18.6. The maximum Gasteiger partial charge on any atom is 0.490 e. The molecule has 2 fully saturated rings. The molecule has 39 heavy (non-hydrogen) atoms. The van der Waals surface area contributed by atoms with Crippen molar-refractivity contribution in [3.8, 4) is 16.9 Å². The third kappa shape index (κ3) is 6.62. The van der Waals surface area contributed by atoms with Gasteiger partial charge in [-0.25, -0.2) is 4.79 Å². The lowest BCUT2D eigenvalue weighted by molar-refractivity contribution is -0.192. The molecule has 1 amide bonds. The number of carboxylic acid groups (broad SMARTS) is 1. The summed E-state index contributed by atoms with van der Waals surface area (Å²) >= 11 is 0. The highest BCUT2D eigenvalue weighted by atomic mass is 19.4. The minimum absolute atomic E-state index is 0.0602. The van der Waals surface area contributed by atoms with Crippen LogP contribution in [0, 0.1) is 6.92 Å². The number of piperazine rings is 1. The van der Waals surface area contributed by atoms with Gasteiger partial charge in [-0.2, -0.15) is 18.3 Å². The van der Waals surface area contributed by atoms with E-state index in [1.54, 1.807) is 7.05 Å². The predicted molar refractivity (Wildman–Crippen MR) is 141 cm³/mol. The largest absolute Gasteiger partial charge is 0.490 e. The van der Waals surface area contributed by atoms with Gasteiger partial charge in [0, 0.05) is 33.2 Å². The smallest absolute Gasteiger partial charge is 0.490 e. The van der Waals surface area contributed by atoms with Crippen LogP contribution in [0.25, 0.3) is 22.0 Å². The van der Waals surface area contributed by atoms with E-state index in [-0.39, 0.29) is 12.0 Å². The summed E-state index contributed by atoms with van der Waals surface area (Å²) in [6.45, 7) is 5.59. The van der Waals surface area contributed by atoms with E-state index in [0.29, 0.717) is 5.56 Å². The Balaban J connectivity index is 0.000000448. The maximum absolute atomic E-state index is 12.6. The first kappa shape index (κ1) is 28.2. The van der Waals surface area contributed by atoms with Crippen LogP contribution in [-0.4, -0.2) is 72.7 Å². The number of ether oxygens (including phenoxy) is 1. The molecule has 0 spiro atoms. The van der Waals surface area contributed by atoms with E-state index in [1.807, 2.05) is 19.1 Å². The molecule has 1 aromatic heterocycles. The number of anilines is 1. The number of carboxylic acids is 1. The molecule has 1 saturated carbocycles. The molecule has 9 nitrogen and oxygen atoms in total. The van der Waals surface area contributed by atoms with Crippen LogP contribution in [0.5, 0.6) is 5.75 Å². The molecule has 2 aromatic carbocycles. The average Bonchev–Trinajstić information content (AvgIpc) is 3.58. The van der Waals surface area contributed by atoms with Gasteiger partial charge in [-0.1, -0.05) is 6.07 Å². The second-order valence-corrected chi connectivity index (χ2v) is 9.58. The van der Waals surface area contributed by atoms with Gasteiger partial charge in [0.25, 0.3) is 5.91 Å². The van der Waals surface area contributed by atoms with Crippen LogP contribution in [0.1, 0.15) is 41.7 Å². The zero-order valence-corrected chi connectivity index (χ0v) is 21.8. The Morgan fingerprint density at radius 1 is 1.10 bits per heavy atom. The van der Waals surface area contributed by atoms with Crippen molar-refractivity contribution in [1.29, 1.82) is 0 Å². The number of aromatic amines is 1. The molecule has 0 atom stereocenters. The zero-order valence-electron chi connectivity index (χ0n) is 21.8. The van der Waals surface area contributed by atoms with Crippen LogP contribution in [0.4, 0.5) is 18.9 Å². The molecule has 1 aliphatic carbocycles. The number of benzene rings is 2. The standard InChI is InChI=1S/C25H31N5O2.C2HF3O2/c1-16-24-21(29-28-16)13-18(15-23(24)32-19-5-3-4-6-19)17-7-8-20(25(31)26-2)22(14-17)30-11-9-27-10-12-30;3-2(4,5)1(6)7/h7-8,13-15,19,27H,3-6,9-12H2,1-2H3,(H,26,31)(H,28,29);(H,6,7). The van der Waals surface area contributed by atoms with Crippen LogP contribution in [-0.2, 0) is 4.79 Å². The molecule has 0 unspecified atom stereocenters. The Hall–Kier alpha value is -3.80. The maximum atomic E-state index is 12.6. The Labute approximate surface area is 223 Å². The molecule has 3 aromatic rings. The van der Waals surface area contributed by atoms with Gasteiger partial charge in [-0.05, 0) is 68.0 Å². The van der Waals surface area contributed by atoms with Crippen molar-refractivity contribution in [2.24, 2.45) is 0 Å². The third-order valence-corrected chi connectivity index (χ3v) is 6.91. The number of carbonyl (C=O) groups excluding carboxylic acids is 1. The highest BCUT2D eigenvalue weighted by Gasteiger charge is 2.38. The van der Waals surface area contributed by atoms with Crippen LogP contribution in [0.2, 0.25) is 0 Å². The molecule has 0 bridgehead atoms. The lowest BCUT2D eigenvalue weighted by Gasteiger charge is -2.31. The van der Waals surface area contributed by atoms with E-state index in [1.165, 1.54) is 12.8 Å². The number of aromatic nitrogens is 2. The molecular formula is C27H32F3N5O4. The number of aryl methyl sites for hydroxylation is 1. The predicted octanol–water partition coefficient (Wildman–Crippen LogP) is 4.26. The van der Waals surface area contributed by atoms with Gasteiger partial charge >= 0.3 is 12.1 Å². The molecule has 5 rings (SSSR count). The van der Waals surface area contributed by atoms with Gasteiger partial charge in [0.2, 0.25) is 0 Å². The summed E-state index contributed by atoms with van der Waals surface area (Å²) < 4.78 is 38.2. The molecular weight excluding hydrogens is 515 g/mol. The van der Waals surface area contributed by atoms with Crippen LogP contribution < -0.4 is 20.3 Å². The highest BCUT2D eigenvalue weighted by molar-refractivity contribution is 6.01. The second kappa shape index (κ2) is 11.9. The van der Waals surface area contributed by atoms with Crippen LogP contribution in [0.3, 0.4) is 0 Å². The van der Waals surface area contributed by atoms with Crippen molar-refractivity contribution in [1.82, 2.24) is 20.8 Å². The summed E-state index contributed by atoms with van der Waals surface area (Å²) in [5.41, 5.74) is 5.75. The lowest BCUT2D eigenvalue weighted by atomic mass is 9.99. The number of hydrogen-bond donors (Lipinski definition) is 4. The molecule has 210 valence electrons. The van der Waals surface area contributed by atoms with Gasteiger partial charge < -0.3 is 25.4 Å². The summed E-state index contributed by atoms with van der Waals surface area (Å²) in [6, 6.07) is 10.4. The minimum atomic E-state index is -5.08. The Kier molecular flexibility index (Phi) is 8.63. The Morgan fingerprint density at radius 3 is 2.38 bits per heavy atom. The van der Waals surface area contributed by atoms with Crippen molar-refractivity contribution < 1.29 is 32.6 Å². The molecule has 4 N–H and O–H groups in total. The number of alkyl halides is 3. The number of nitrogens with zero attached hydrogens (tertiary/aromatic N) is 2. The normalized spacial score (nSPS) is 16.1. The van der Waals surface area contributed by atoms with E-state index in [0.717, 1.165) is 78.2 Å². The Bertz CT molecular complexity index is 1330. The number of amides is 1. The van der Waals surface area contributed by atoms with Crippen molar-refractivity contribution >= 4 is 28.5 Å². The SMILES string of the molecule is CNC(=O)c1ccc(-c2cc(OC3CCCC3)c3c(C)n[nH]c3c2)cc1N1CCNCC1.O=C(O)C(F)(F)F. The molecule has 0 radical (unpaired) electrons. The minimum Gasteiger partial charge on any atom is -0.490 e. The second-order valence-electron chi connectivity index (χ2n) is 9.58. The quantitative estimate of drug-likeness (QED) is 0.377. The fourth-order valence-corrected chi connectivity index (χ4v) is 4.93. The van der Waals surface area contributed by atoms with E-state index in [4.69, 9.17) is 14.6 Å². The third-order valence-electron chi connectivity index (χ3n) is 6.91. The summed E-state index contributed by atoms with van der Waals surface area (Å²) in [4.78, 5) is 23.7. The van der Waals surface area contributed by atoms with Crippen molar-refractivity contribution in [3.63, 3.8) is 0 Å². The number of rotatable bonds is 5.